The van der Waals surface area contributed by atoms with Crippen LogP contribution in [0, 0.1) is 18.6 Å². The van der Waals surface area contributed by atoms with Gasteiger partial charge in [-0.1, -0.05) is 19.1 Å². The molecule has 0 aliphatic carbocycles. The number of para-hydroxylation sites is 1. The van der Waals surface area contributed by atoms with Crippen LogP contribution in [0.5, 0.6) is 0 Å². The van der Waals surface area contributed by atoms with Crippen LogP contribution in [0.2, 0.25) is 0 Å². The van der Waals surface area contributed by atoms with Gasteiger partial charge in [-0.25, -0.2) is 8.78 Å². The molecule has 40 heavy (non-hydrogen) atoms. The van der Waals surface area contributed by atoms with E-state index in [9.17, 15) is 0 Å². The number of benzene rings is 3. The summed E-state index contributed by atoms with van der Waals surface area (Å²) in [7, 11) is 0. The van der Waals surface area contributed by atoms with E-state index in [2.05, 4.69) is 46.1 Å². The predicted octanol–water partition coefficient (Wildman–Crippen LogP) is 5.80. The standard InChI is InChI=1S/C31H35F2N5O2/c1-3-36-9-11-38(12-10-36)29-8-7-23(17-21(29)2)34-31-35-28-6-4-5-24(30(28)40-31)22-18-26(32)25(27(33)19-22)20-37-13-15-39-16-14-37/h4-8,17-19H,3,9-16,20H2,1-2H3,(H,34,35). The molecule has 7 nitrogen and oxygen atoms in total. The Kier molecular flexibility index (Phi) is 7.69. The number of nitrogens with zero attached hydrogens (tertiary/aromatic N) is 4. The highest BCUT2D eigenvalue weighted by Gasteiger charge is 2.21. The Morgan fingerprint density at radius 2 is 1.65 bits per heavy atom. The lowest BCUT2D eigenvalue weighted by Crippen LogP contribution is -2.46. The van der Waals surface area contributed by atoms with E-state index in [0.717, 1.165) is 38.4 Å². The lowest BCUT2D eigenvalue weighted by atomic mass is 10.0. The summed E-state index contributed by atoms with van der Waals surface area (Å²) in [5.74, 6) is -1.13. The van der Waals surface area contributed by atoms with E-state index in [4.69, 9.17) is 9.15 Å². The maximum Gasteiger partial charge on any atom is 0.300 e. The van der Waals surface area contributed by atoms with E-state index in [1.54, 1.807) is 6.07 Å². The smallest absolute Gasteiger partial charge is 0.300 e. The molecule has 0 radical (unpaired) electrons. The van der Waals surface area contributed by atoms with Crippen LogP contribution in [-0.2, 0) is 11.3 Å². The number of nitrogens with one attached hydrogen (secondary N) is 1. The largest absolute Gasteiger partial charge is 0.423 e. The number of halogens is 2. The third kappa shape index (κ3) is 5.54. The molecule has 0 spiro atoms. The second-order valence-electron chi connectivity index (χ2n) is 10.5. The van der Waals surface area contributed by atoms with Gasteiger partial charge in [-0.3, -0.25) is 4.90 Å². The molecule has 2 saturated heterocycles. The number of aryl methyl sites for hydroxylation is 1. The van der Waals surface area contributed by atoms with Gasteiger partial charge in [0.25, 0.3) is 6.01 Å². The fourth-order valence-electron chi connectivity index (χ4n) is 5.64. The molecule has 3 heterocycles. The Morgan fingerprint density at radius 3 is 2.35 bits per heavy atom. The van der Waals surface area contributed by atoms with Crippen molar-refractivity contribution in [3.8, 4) is 11.1 Å². The highest BCUT2D eigenvalue weighted by atomic mass is 19.1. The van der Waals surface area contributed by atoms with Crippen molar-refractivity contribution < 1.29 is 17.9 Å². The van der Waals surface area contributed by atoms with Crippen LogP contribution in [0.3, 0.4) is 0 Å². The summed E-state index contributed by atoms with van der Waals surface area (Å²) in [4.78, 5) is 11.5. The van der Waals surface area contributed by atoms with Crippen LogP contribution in [0.15, 0.2) is 52.9 Å². The number of anilines is 3. The predicted molar refractivity (Wildman–Crippen MR) is 154 cm³/mol. The van der Waals surface area contributed by atoms with Crippen LogP contribution >= 0.6 is 0 Å². The Balaban J connectivity index is 1.22. The fourth-order valence-corrected chi connectivity index (χ4v) is 5.64. The van der Waals surface area contributed by atoms with Gasteiger partial charge in [0.05, 0.1) is 13.2 Å². The summed E-state index contributed by atoms with van der Waals surface area (Å²) >= 11 is 0. The molecule has 0 unspecified atom stereocenters. The fraction of sp³-hybridized carbons (Fsp3) is 0.387. The number of oxazole rings is 1. The molecule has 0 saturated carbocycles. The van der Waals surface area contributed by atoms with Gasteiger partial charge in [0.2, 0.25) is 0 Å². The summed E-state index contributed by atoms with van der Waals surface area (Å²) in [6.07, 6.45) is 0. The second-order valence-corrected chi connectivity index (χ2v) is 10.5. The normalized spacial score (nSPS) is 17.1. The van der Waals surface area contributed by atoms with E-state index in [-0.39, 0.29) is 12.1 Å². The second kappa shape index (κ2) is 11.5. The number of piperazine rings is 1. The van der Waals surface area contributed by atoms with E-state index < -0.39 is 11.6 Å². The number of ether oxygens (including phenoxy) is 1. The van der Waals surface area contributed by atoms with Gasteiger partial charge in [0.15, 0.2) is 5.58 Å². The SMILES string of the molecule is CCN1CCN(c2ccc(Nc3nc4cccc(-c5cc(F)c(CN6CCOCC6)c(F)c5)c4o3)cc2C)CC1. The molecule has 1 N–H and O–H groups in total. The third-order valence-corrected chi connectivity index (χ3v) is 7.96. The minimum Gasteiger partial charge on any atom is -0.423 e. The first-order valence-corrected chi connectivity index (χ1v) is 14.0. The molecule has 0 amide bonds. The van der Waals surface area contributed by atoms with E-state index in [1.165, 1.54) is 23.4 Å². The zero-order valence-electron chi connectivity index (χ0n) is 23.1. The lowest BCUT2D eigenvalue weighted by Gasteiger charge is -2.36. The molecule has 3 aromatic carbocycles. The van der Waals surface area contributed by atoms with Crippen LogP contribution in [0.4, 0.5) is 26.2 Å². The topological polar surface area (TPSA) is 57.0 Å². The number of aromatic nitrogens is 1. The van der Waals surface area contributed by atoms with Gasteiger partial charge < -0.3 is 24.3 Å². The van der Waals surface area contributed by atoms with E-state index in [0.29, 0.717) is 54.5 Å². The molecule has 0 atom stereocenters. The Hall–Kier alpha value is -3.53. The Labute approximate surface area is 233 Å². The molecular formula is C31H35F2N5O2. The molecule has 2 aliphatic rings. The summed E-state index contributed by atoms with van der Waals surface area (Å²) in [6.45, 7) is 12.3. The van der Waals surface area contributed by atoms with Crippen molar-refractivity contribution in [3.63, 3.8) is 0 Å². The van der Waals surface area contributed by atoms with Crippen LogP contribution in [-0.4, -0.2) is 73.8 Å². The maximum absolute atomic E-state index is 15.1. The van der Waals surface area contributed by atoms with Crippen molar-refractivity contribution in [2.45, 2.75) is 20.4 Å². The number of fused-ring (bicyclic) bond motifs is 1. The van der Waals surface area contributed by atoms with Crippen LogP contribution in [0.1, 0.15) is 18.1 Å². The first-order chi connectivity index (χ1) is 19.5. The quantitative estimate of drug-likeness (QED) is 0.314. The molecule has 9 heteroatoms. The average Bonchev–Trinajstić information content (AvgIpc) is 3.38. The zero-order valence-corrected chi connectivity index (χ0v) is 23.1. The van der Waals surface area contributed by atoms with Crippen molar-refractivity contribution in [2.24, 2.45) is 0 Å². The van der Waals surface area contributed by atoms with Gasteiger partial charge in [-0.05, 0) is 61.0 Å². The van der Waals surface area contributed by atoms with Crippen LogP contribution < -0.4 is 10.2 Å². The van der Waals surface area contributed by atoms with Gasteiger partial charge in [-0.15, -0.1) is 0 Å². The maximum atomic E-state index is 15.1. The average molecular weight is 548 g/mol. The summed E-state index contributed by atoms with van der Waals surface area (Å²) in [5.41, 5.74) is 5.45. The molecule has 6 rings (SSSR count). The molecule has 4 aromatic rings. The number of likely N-dealkylation sites (N-methyl/N-ethyl adjacent to an activating group) is 1. The van der Waals surface area contributed by atoms with Gasteiger partial charge in [0.1, 0.15) is 17.2 Å². The minimum atomic E-state index is -0.567. The van der Waals surface area contributed by atoms with Crippen LogP contribution in [0.25, 0.3) is 22.2 Å². The molecule has 1 aromatic heterocycles. The number of hydrogen-bond acceptors (Lipinski definition) is 7. The first kappa shape index (κ1) is 26.7. The van der Waals surface area contributed by atoms with Crippen molar-refractivity contribution in [1.82, 2.24) is 14.8 Å². The third-order valence-electron chi connectivity index (χ3n) is 7.96. The zero-order chi connectivity index (χ0) is 27.6. The van der Waals surface area contributed by atoms with Crippen molar-refractivity contribution in [3.05, 3.63) is 71.3 Å². The monoisotopic (exact) mass is 547 g/mol. The molecule has 0 bridgehead atoms. The first-order valence-electron chi connectivity index (χ1n) is 14.0. The lowest BCUT2D eigenvalue weighted by molar-refractivity contribution is 0.0332. The Bertz CT molecular complexity index is 1470. The Morgan fingerprint density at radius 1 is 0.900 bits per heavy atom. The molecule has 210 valence electrons. The van der Waals surface area contributed by atoms with Gasteiger partial charge >= 0.3 is 0 Å². The summed E-state index contributed by atoms with van der Waals surface area (Å²) in [6, 6.07) is 14.8. The highest BCUT2D eigenvalue weighted by molar-refractivity contribution is 5.91. The van der Waals surface area contributed by atoms with Gasteiger partial charge in [0, 0.05) is 68.3 Å². The van der Waals surface area contributed by atoms with Crippen molar-refractivity contribution >= 4 is 28.5 Å². The van der Waals surface area contributed by atoms with Gasteiger partial charge in [-0.2, -0.15) is 4.98 Å². The summed E-state index contributed by atoms with van der Waals surface area (Å²) < 4.78 is 41.7. The molecule has 2 fully saturated rings. The molecule has 2 aliphatic heterocycles. The summed E-state index contributed by atoms with van der Waals surface area (Å²) in [5, 5.41) is 3.27. The highest BCUT2D eigenvalue weighted by Crippen LogP contribution is 2.34. The number of hydrogen-bond donors (Lipinski definition) is 1. The van der Waals surface area contributed by atoms with Crippen molar-refractivity contribution in [1.29, 1.82) is 0 Å². The van der Waals surface area contributed by atoms with E-state index >= 15 is 8.78 Å². The number of rotatable bonds is 7. The van der Waals surface area contributed by atoms with E-state index in [1.807, 2.05) is 23.1 Å². The number of morpholine rings is 1. The van der Waals surface area contributed by atoms with Crippen molar-refractivity contribution in [2.75, 3.05) is 69.2 Å². The minimum absolute atomic E-state index is 0.0730. The molecular weight excluding hydrogens is 512 g/mol.